The predicted octanol–water partition coefficient (Wildman–Crippen LogP) is 3.17. The average molecular weight is 404 g/mol. The van der Waals surface area contributed by atoms with E-state index in [1.165, 1.54) is 7.11 Å². The number of anilines is 1. The molecule has 28 heavy (non-hydrogen) atoms. The first-order valence-electron chi connectivity index (χ1n) is 9.02. The zero-order valence-electron chi connectivity index (χ0n) is 15.9. The second-order valence-electron chi connectivity index (χ2n) is 6.57. The van der Waals surface area contributed by atoms with Gasteiger partial charge in [0.1, 0.15) is 11.5 Å². The van der Waals surface area contributed by atoms with Crippen molar-refractivity contribution in [3.63, 3.8) is 0 Å². The number of nitrogens with one attached hydrogen (secondary N) is 1. The smallest absolute Gasteiger partial charge is 0.321 e. The lowest BCUT2D eigenvalue weighted by Gasteiger charge is -2.31. The molecule has 1 aliphatic heterocycles. The minimum Gasteiger partial charge on any atom is -0.497 e. The first-order valence-corrected chi connectivity index (χ1v) is 10.6. The van der Waals surface area contributed by atoms with Gasteiger partial charge in [-0.2, -0.15) is 0 Å². The molecule has 1 fully saturated rings. The first-order chi connectivity index (χ1) is 13.4. The highest BCUT2D eigenvalue weighted by molar-refractivity contribution is 7.92. The van der Waals surface area contributed by atoms with Gasteiger partial charge in [-0.15, -0.1) is 0 Å². The highest BCUT2D eigenvalue weighted by atomic mass is 32.2. The van der Waals surface area contributed by atoms with E-state index in [0.717, 1.165) is 0 Å². The van der Waals surface area contributed by atoms with Crippen molar-refractivity contribution >= 4 is 21.6 Å². The average Bonchev–Trinajstić information content (AvgIpc) is 2.74. The second kappa shape index (κ2) is 8.52. The third kappa shape index (κ3) is 4.39. The van der Waals surface area contributed by atoms with Gasteiger partial charge in [0.15, 0.2) is 9.84 Å². The quantitative estimate of drug-likeness (QED) is 0.827. The lowest BCUT2D eigenvalue weighted by Crippen LogP contribution is -2.44. The van der Waals surface area contributed by atoms with Gasteiger partial charge in [0.2, 0.25) is 0 Å². The summed E-state index contributed by atoms with van der Waals surface area (Å²) in [6.45, 7) is 0.782. The maximum Gasteiger partial charge on any atom is 0.321 e. The monoisotopic (exact) mass is 404 g/mol. The summed E-state index contributed by atoms with van der Waals surface area (Å²) < 4.78 is 35.9. The predicted molar refractivity (Wildman–Crippen MR) is 107 cm³/mol. The standard InChI is InChI=1S/C20H24N2O5S/c1-26-16-5-3-15(4-6-16)21-20(23)22-13-11-19(12-14-22)28(24,25)18-9-7-17(27-2)8-10-18/h3-10,19H,11-14H2,1-2H3,(H,21,23). The van der Waals surface area contributed by atoms with E-state index in [1.807, 2.05) is 0 Å². The molecule has 0 spiro atoms. The number of methoxy groups -OCH3 is 2. The Morgan fingerprint density at radius 2 is 1.43 bits per heavy atom. The van der Waals surface area contributed by atoms with Gasteiger partial charge in [-0.05, 0) is 61.4 Å². The molecule has 0 aliphatic carbocycles. The Morgan fingerprint density at radius 1 is 0.929 bits per heavy atom. The summed E-state index contributed by atoms with van der Waals surface area (Å²) in [7, 11) is -0.312. The number of benzene rings is 2. The topological polar surface area (TPSA) is 84.9 Å². The molecule has 0 saturated carbocycles. The summed E-state index contributed by atoms with van der Waals surface area (Å²) in [6.07, 6.45) is 0.814. The van der Waals surface area contributed by atoms with Crippen molar-refractivity contribution in [1.82, 2.24) is 4.90 Å². The number of carbonyl (C=O) groups is 1. The lowest BCUT2D eigenvalue weighted by molar-refractivity contribution is 0.200. The second-order valence-corrected chi connectivity index (χ2v) is 8.79. The van der Waals surface area contributed by atoms with E-state index < -0.39 is 15.1 Å². The maximum absolute atomic E-state index is 12.8. The van der Waals surface area contributed by atoms with Crippen molar-refractivity contribution < 1.29 is 22.7 Å². The number of amides is 2. The van der Waals surface area contributed by atoms with Crippen LogP contribution in [0.25, 0.3) is 0 Å². The van der Waals surface area contributed by atoms with Gasteiger partial charge in [0, 0.05) is 18.8 Å². The molecule has 2 aromatic carbocycles. The van der Waals surface area contributed by atoms with Crippen molar-refractivity contribution in [1.29, 1.82) is 0 Å². The minimum atomic E-state index is -3.43. The number of piperidine rings is 1. The number of carbonyl (C=O) groups excluding carboxylic acids is 1. The van der Waals surface area contributed by atoms with Gasteiger partial charge in [-0.1, -0.05) is 0 Å². The van der Waals surface area contributed by atoms with Crippen LogP contribution in [0.2, 0.25) is 0 Å². The Kier molecular flexibility index (Phi) is 6.08. The molecule has 8 heteroatoms. The molecule has 7 nitrogen and oxygen atoms in total. The van der Waals surface area contributed by atoms with Crippen LogP contribution in [0.5, 0.6) is 11.5 Å². The molecule has 0 aromatic heterocycles. The Morgan fingerprint density at radius 3 is 1.93 bits per heavy atom. The van der Waals surface area contributed by atoms with E-state index >= 15 is 0 Å². The normalized spacial score (nSPS) is 15.1. The molecule has 0 unspecified atom stereocenters. The van der Waals surface area contributed by atoms with E-state index in [2.05, 4.69) is 5.32 Å². The number of sulfone groups is 1. The van der Waals surface area contributed by atoms with Crippen LogP contribution in [0, 0.1) is 0 Å². The Hall–Kier alpha value is -2.74. The van der Waals surface area contributed by atoms with Gasteiger partial charge >= 0.3 is 6.03 Å². The van der Waals surface area contributed by atoms with Crippen LogP contribution in [0.15, 0.2) is 53.4 Å². The van der Waals surface area contributed by atoms with Crippen molar-refractivity contribution in [2.75, 3.05) is 32.6 Å². The largest absolute Gasteiger partial charge is 0.497 e. The highest BCUT2D eigenvalue weighted by Gasteiger charge is 2.32. The summed E-state index contributed by atoms with van der Waals surface area (Å²) in [5.41, 5.74) is 0.666. The molecule has 3 rings (SSSR count). The van der Waals surface area contributed by atoms with Crippen LogP contribution >= 0.6 is 0 Å². The molecule has 2 amide bonds. The third-order valence-corrected chi connectivity index (χ3v) is 7.18. The minimum absolute atomic E-state index is 0.231. The van der Waals surface area contributed by atoms with Gasteiger partial charge in [-0.3, -0.25) is 0 Å². The zero-order valence-corrected chi connectivity index (χ0v) is 16.7. The Labute approximate surface area is 165 Å². The fourth-order valence-corrected chi connectivity index (χ4v) is 4.94. The number of ether oxygens (including phenoxy) is 2. The molecule has 0 atom stereocenters. The molecule has 1 heterocycles. The number of likely N-dealkylation sites (tertiary alicyclic amines) is 1. The molecule has 1 aliphatic rings. The van der Waals surface area contributed by atoms with Gasteiger partial charge in [0.05, 0.1) is 24.4 Å². The molecule has 1 saturated heterocycles. The van der Waals surface area contributed by atoms with Crippen LogP contribution in [-0.2, 0) is 9.84 Å². The number of nitrogens with zero attached hydrogens (tertiary/aromatic N) is 1. The summed E-state index contributed by atoms with van der Waals surface area (Å²) in [5, 5.41) is 2.33. The molecule has 0 bridgehead atoms. The Balaban J connectivity index is 1.58. The number of hydrogen-bond acceptors (Lipinski definition) is 5. The molecular weight excluding hydrogens is 380 g/mol. The maximum atomic E-state index is 12.8. The molecule has 0 radical (unpaired) electrons. The molecular formula is C20H24N2O5S. The van der Waals surface area contributed by atoms with Crippen molar-refractivity contribution in [3.8, 4) is 11.5 Å². The van der Waals surface area contributed by atoms with E-state index in [4.69, 9.17) is 9.47 Å². The lowest BCUT2D eigenvalue weighted by atomic mass is 10.1. The first kappa shape index (κ1) is 20.0. The van der Waals surface area contributed by atoms with Crippen LogP contribution < -0.4 is 14.8 Å². The summed E-state index contributed by atoms with van der Waals surface area (Å²) in [5.74, 6) is 1.33. The van der Waals surface area contributed by atoms with Gasteiger partial charge in [0.25, 0.3) is 0 Å². The van der Waals surface area contributed by atoms with E-state index in [0.29, 0.717) is 43.1 Å². The number of urea groups is 1. The third-order valence-electron chi connectivity index (χ3n) is 4.90. The van der Waals surface area contributed by atoms with E-state index in [9.17, 15) is 13.2 Å². The number of hydrogen-bond donors (Lipinski definition) is 1. The summed E-state index contributed by atoms with van der Waals surface area (Å²) in [4.78, 5) is 14.4. The molecule has 2 aromatic rings. The van der Waals surface area contributed by atoms with Crippen molar-refractivity contribution in [2.45, 2.75) is 23.0 Å². The van der Waals surface area contributed by atoms with Crippen LogP contribution in [0.3, 0.4) is 0 Å². The van der Waals surface area contributed by atoms with E-state index in [-0.39, 0.29) is 10.9 Å². The summed E-state index contributed by atoms with van der Waals surface area (Å²) in [6, 6.07) is 13.2. The number of rotatable bonds is 5. The fourth-order valence-electron chi connectivity index (χ4n) is 3.20. The SMILES string of the molecule is COc1ccc(NC(=O)N2CCC(S(=O)(=O)c3ccc(OC)cc3)CC2)cc1. The van der Waals surface area contributed by atoms with Crippen molar-refractivity contribution in [2.24, 2.45) is 0 Å². The molecule has 150 valence electrons. The van der Waals surface area contributed by atoms with Crippen molar-refractivity contribution in [3.05, 3.63) is 48.5 Å². The van der Waals surface area contributed by atoms with Crippen LogP contribution in [-0.4, -0.2) is 51.9 Å². The highest BCUT2D eigenvalue weighted by Crippen LogP contribution is 2.26. The fraction of sp³-hybridized carbons (Fsp3) is 0.350. The zero-order chi connectivity index (χ0) is 20.1. The van der Waals surface area contributed by atoms with E-state index in [1.54, 1.807) is 60.5 Å². The Bertz CT molecular complexity index is 903. The van der Waals surface area contributed by atoms with Gasteiger partial charge < -0.3 is 19.7 Å². The van der Waals surface area contributed by atoms with Crippen LogP contribution in [0.1, 0.15) is 12.8 Å². The van der Waals surface area contributed by atoms with Crippen LogP contribution in [0.4, 0.5) is 10.5 Å². The summed E-state index contributed by atoms with van der Waals surface area (Å²) >= 11 is 0. The molecule has 1 N–H and O–H groups in total. The van der Waals surface area contributed by atoms with Gasteiger partial charge in [-0.25, -0.2) is 13.2 Å².